The summed E-state index contributed by atoms with van der Waals surface area (Å²) in [5.41, 5.74) is 2.04. The zero-order valence-corrected chi connectivity index (χ0v) is 13.1. The molecule has 7 atom stereocenters. The molecular formula is C19H30O. The third kappa shape index (κ3) is 1.71. The summed E-state index contributed by atoms with van der Waals surface area (Å²) >= 11 is 0. The molecule has 0 heterocycles. The summed E-state index contributed by atoms with van der Waals surface area (Å²) in [4.78, 5) is 0. The van der Waals surface area contributed by atoms with Crippen molar-refractivity contribution in [3.8, 4) is 0 Å². The van der Waals surface area contributed by atoms with Crippen LogP contribution in [0.3, 0.4) is 0 Å². The lowest BCUT2D eigenvalue weighted by molar-refractivity contribution is -0.0810. The van der Waals surface area contributed by atoms with Crippen molar-refractivity contribution in [3.05, 3.63) is 11.6 Å². The van der Waals surface area contributed by atoms with Crippen molar-refractivity contribution in [2.24, 2.45) is 35.0 Å². The molecule has 0 aromatic rings. The lowest BCUT2D eigenvalue weighted by atomic mass is 9.49. The van der Waals surface area contributed by atoms with Gasteiger partial charge in [-0.05, 0) is 86.4 Å². The summed E-state index contributed by atoms with van der Waals surface area (Å²) in [6.45, 7) is 4.88. The fraction of sp³-hybridized carbons (Fsp3) is 0.895. The van der Waals surface area contributed by atoms with Gasteiger partial charge in [-0.1, -0.05) is 25.5 Å². The maximum absolute atomic E-state index is 10.5. The largest absolute Gasteiger partial charge is 0.393 e. The number of allylic oxidation sites excluding steroid dienone is 2. The van der Waals surface area contributed by atoms with E-state index in [1.54, 1.807) is 0 Å². The normalized spacial score (nSPS) is 54.6. The molecule has 0 aromatic carbocycles. The Kier molecular flexibility index (Phi) is 3.07. The van der Waals surface area contributed by atoms with Crippen LogP contribution < -0.4 is 0 Å². The molecule has 4 aliphatic rings. The van der Waals surface area contributed by atoms with Crippen LogP contribution in [0.2, 0.25) is 0 Å². The number of fused-ring (bicyclic) bond motifs is 5. The number of rotatable bonds is 0. The van der Waals surface area contributed by atoms with Gasteiger partial charge in [0.2, 0.25) is 0 Å². The van der Waals surface area contributed by atoms with Gasteiger partial charge in [-0.25, -0.2) is 0 Å². The van der Waals surface area contributed by atoms with Crippen LogP contribution in [0.1, 0.15) is 65.2 Å². The molecule has 4 rings (SSSR count). The van der Waals surface area contributed by atoms with Gasteiger partial charge in [0, 0.05) is 0 Å². The highest BCUT2D eigenvalue weighted by Crippen LogP contribution is 2.63. The first-order chi connectivity index (χ1) is 9.61. The quantitative estimate of drug-likeness (QED) is 0.642. The zero-order valence-electron chi connectivity index (χ0n) is 13.1. The van der Waals surface area contributed by atoms with Crippen LogP contribution in [0.15, 0.2) is 11.6 Å². The fourth-order valence-corrected chi connectivity index (χ4v) is 6.87. The van der Waals surface area contributed by atoms with Gasteiger partial charge in [0.1, 0.15) is 0 Å². The van der Waals surface area contributed by atoms with Crippen molar-refractivity contribution in [1.29, 1.82) is 0 Å². The van der Waals surface area contributed by atoms with Crippen molar-refractivity contribution < 1.29 is 5.11 Å². The SMILES string of the molecule is C[C@H]1C[C@]2(C)[C@@H](O)CC[C@H]2[C@@H]2CCC3=CCCC[C@@H]3[C@H]21. The molecule has 0 bridgehead atoms. The Labute approximate surface area is 123 Å². The number of aliphatic hydroxyl groups excluding tert-OH is 1. The fourth-order valence-electron chi connectivity index (χ4n) is 6.87. The monoisotopic (exact) mass is 274 g/mol. The van der Waals surface area contributed by atoms with Crippen molar-refractivity contribution in [1.82, 2.24) is 0 Å². The summed E-state index contributed by atoms with van der Waals surface area (Å²) in [5, 5.41) is 10.5. The smallest absolute Gasteiger partial charge is 0.0596 e. The molecule has 0 aromatic heterocycles. The molecule has 0 aliphatic heterocycles. The van der Waals surface area contributed by atoms with Gasteiger partial charge in [0.15, 0.2) is 0 Å². The number of aliphatic hydroxyl groups is 1. The molecular weight excluding hydrogens is 244 g/mol. The minimum atomic E-state index is -0.0285. The second-order valence-corrected chi connectivity index (χ2v) is 8.48. The Hall–Kier alpha value is -0.300. The molecule has 1 nitrogen and oxygen atoms in total. The average molecular weight is 274 g/mol. The van der Waals surface area contributed by atoms with Crippen LogP contribution in [-0.2, 0) is 0 Å². The van der Waals surface area contributed by atoms with Crippen molar-refractivity contribution >= 4 is 0 Å². The Morgan fingerprint density at radius 3 is 2.90 bits per heavy atom. The van der Waals surface area contributed by atoms with E-state index in [1.807, 2.05) is 5.57 Å². The van der Waals surface area contributed by atoms with Crippen molar-refractivity contribution in [3.63, 3.8) is 0 Å². The molecule has 1 heteroatoms. The van der Waals surface area contributed by atoms with Crippen molar-refractivity contribution in [2.75, 3.05) is 0 Å². The van der Waals surface area contributed by atoms with E-state index in [1.165, 1.54) is 44.9 Å². The Morgan fingerprint density at radius 1 is 1.20 bits per heavy atom. The molecule has 0 radical (unpaired) electrons. The van der Waals surface area contributed by atoms with Gasteiger partial charge in [0.05, 0.1) is 6.10 Å². The van der Waals surface area contributed by atoms with E-state index in [0.717, 1.165) is 36.0 Å². The molecule has 0 saturated heterocycles. The third-order valence-electron chi connectivity index (χ3n) is 7.62. The first kappa shape index (κ1) is 13.4. The molecule has 3 fully saturated rings. The molecule has 0 spiro atoms. The highest BCUT2D eigenvalue weighted by atomic mass is 16.3. The van der Waals surface area contributed by atoms with Gasteiger partial charge in [-0.3, -0.25) is 0 Å². The lowest BCUT2D eigenvalue weighted by Crippen LogP contribution is -2.50. The summed E-state index contributed by atoms with van der Waals surface area (Å²) in [6, 6.07) is 0. The van der Waals surface area contributed by atoms with E-state index in [0.29, 0.717) is 0 Å². The van der Waals surface area contributed by atoms with E-state index < -0.39 is 0 Å². The van der Waals surface area contributed by atoms with E-state index in [4.69, 9.17) is 0 Å². The van der Waals surface area contributed by atoms with Crippen LogP contribution in [0, 0.1) is 35.0 Å². The zero-order chi connectivity index (χ0) is 13.9. The van der Waals surface area contributed by atoms with Gasteiger partial charge in [-0.2, -0.15) is 0 Å². The van der Waals surface area contributed by atoms with E-state index in [9.17, 15) is 5.11 Å². The second-order valence-electron chi connectivity index (χ2n) is 8.48. The first-order valence-electron chi connectivity index (χ1n) is 8.98. The van der Waals surface area contributed by atoms with Crippen LogP contribution in [-0.4, -0.2) is 11.2 Å². The van der Waals surface area contributed by atoms with Gasteiger partial charge in [-0.15, -0.1) is 0 Å². The van der Waals surface area contributed by atoms with Gasteiger partial charge < -0.3 is 5.11 Å². The van der Waals surface area contributed by atoms with Crippen LogP contribution >= 0.6 is 0 Å². The minimum Gasteiger partial charge on any atom is -0.393 e. The van der Waals surface area contributed by atoms with Gasteiger partial charge >= 0.3 is 0 Å². The highest BCUT2D eigenvalue weighted by Gasteiger charge is 2.57. The molecule has 20 heavy (non-hydrogen) atoms. The predicted octanol–water partition coefficient (Wildman–Crippen LogP) is 4.56. The number of hydrogen-bond acceptors (Lipinski definition) is 1. The number of hydrogen-bond donors (Lipinski definition) is 1. The molecule has 3 saturated carbocycles. The summed E-state index contributed by atoms with van der Waals surface area (Å²) in [5.74, 6) is 4.35. The Bertz CT molecular complexity index is 425. The second kappa shape index (κ2) is 4.60. The highest BCUT2D eigenvalue weighted by molar-refractivity contribution is 5.19. The van der Waals surface area contributed by atoms with Crippen LogP contribution in [0.5, 0.6) is 0 Å². The standard InChI is InChI=1S/C19H30O/c1-12-11-19(2)16(9-10-17(19)20)15-8-7-13-5-3-4-6-14(13)18(12)15/h5,12,14-18,20H,3-4,6-11H2,1-2H3/t12-,14-,15-,16-,17-,18+,19-/m0/s1. The molecule has 1 N–H and O–H groups in total. The Morgan fingerprint density at radius 2 is 2.05 bits per heavy atom. The van der Waals surface area contributed by atoms with Crippen LogP contribution in [0.25, 0.3) is 0 Å². The summed E-state index contributed by atoms with van der Waals surface area (Å²) in [7, 11) is 0. The van der Waals surface area contributed by atoms with Gasteiger partial charge in [0.25, 0.3) is 0 Å². The molecule has 4 aliphatic carbocycles. The van der Waals surface area contributed by atoms with E-state index in [2.05, 4.69) is 19.9 Å². The first-order valence-corrected chi connectivity index (χ1v) is 8.98. The summed E-state index contributed by atoms with van der Waals surface area (Å²) in [6.07, 6.45) is 13.1. The average Bonchev–Trinajstić information content (AvgIpc) is 2.74. The van der Waals surface area contributed by atoms with Crippen molar-refractivity contribution in [2.45, 2.75) is 71.3 Å². The van der Waals surface area contributed by atoms with Crippen LogP contribution in [0.4, 0.5) is 0 Å². The maximum atomic E-state index is 10.5. The molecule has 0 unspecified atom stereocenters. The maximum Gasteiger partial charge on any atom is 0.0596 e. The molecule has 112 valence electrons. The minimum absolute atomic E-state index is 0.0285. The Balaban J connectivity index is 1.68. The predicted molar refractivity (Wildman–Crippen MR) is 82.3 cm³/mol. The summed E-state index contributed by atoms with van der Waals surface area (Å²) < 4.78 is 0. The van der Waals surface area contributed by atoms with E-state index in [-0.39, 0.29) is 11.5 Å². The van der Waals surface area contributed by atoms with E-state index >= 15 is 0 Å². The lowest BCUT2D eigenvalue weighted by Gasteiger charge is -2.56. The topological polar surface area (TPSA) is 20.2 Å². The third-order valence-corrected chi connectivity index (χ3v) is 7.62. The molecule has 0 amide bonds.